The molecule has 0 aliphatic carbocycles. The minimum Gasteiger partial charge on any atom is -0.508 e. The van der Waals surface area contributed by atoms with Gasteiger partial charge in [-0.1, -0.05) is 42.5 Å². The maximum absolute atomic E-state index is 13.2. The Morgan fingerprint density at radius 3 is 2.25 bits per heavy atom. The lowest BCUT2D eigenvalue weighted by Crippen LogP contribution is -2.32. The van der Waals surface area contributed by atoms with Crippen molar-refractivity contribution in [3.63, 3.8) is 0 Å². The number of benzene rings is 3. The predicted molar refractivity (Wildman–Crippen MR) is 97.3 cm³/mol. The fourth-order valence-electron chi connectivity index (χ4n) is 3.24. The summed E-state index contributed by atoms with van der Waals surface area (Å²) in [5.41, 5.74) is 4.43. The van der Waals surface area contributed by atoms with Gasteiger partial charge in [-0.2, -0.15) is 0 Å². The second kappa shape index (κ2) is 5.80. The van der Waals surface area contributed by atoms with Crippen LogP contribution in [0.2, 0.25) is 0 Å². The van der Waals surface area contributed by atoms with Gasteiger partial charge < -0.3 is 5.11 Å². The number of para-hydroxylation sites is 1. The molecule has 0 fully saturated rings. The Morgan fingerprint density at radius 2 is 1.50 bits per heavy atom. The van der Waals surface area contributed by atoms with Gasteiger partial charge in [0.1, 0.15) is 5.75 Å². The van der Waals surface area contributed by atoms with E-state index in [4.69, 9.17) is 0 Å². The first kappa shape index (κ1) is 15.0. The van der Waals surface area contributed by atoms with E-state index in [0.717, 1.165) is 11.3 Å². The second-order valence-electron chi connectivity index (χ2n) is 5.85. The number of nitrogens with zero attached hydrogens (tertiary/aromatic N) is 1. The van der Waals surface area contributed by atoms with Crippen LogP contribution < -0.4 is 4.31 Å². The Hall–Kier alpha value is -2.59. The van der Waals surface area contributed by atoms with Crippen molar-refractivity contribution in [2.75, 3.05) is 4.31 Å². The molecule has 3 nitrogen and oxygen atoms in total. The fraction of sp³-hybridized carbons (Fsp3) is 0.100. The van der Waals surface area contributed by atoms with Gasteiger partial charge in [-0.15, -0.1) is 0 Å². The molecule has 0 amide bonds. The quantitative estimate of drug-likeness (QED) is 0.740. The Labute approximate surface area is 143 Å². The fourth-order valence-corrected chi connectivity index (χ4v) is 4.58. The summed E-state index contributed by atoms with van der Waals surface area (Å²) < 4.78 is 15.2. The van der Waals surface area contributed by atoms with E-state index in [1.807, 2.05) is 34.6 Å². The van der Waals surface area contributed by atoms with E-state index in [0.29, 0.717) is 4.90 Å². The van der Waals surface area contributed by atoms with Crippen LogP contribution in [0.5, 0.6) is 5.75 Å². The Kier molecular flexibility index (Phi) is 3.62. The first-order valence-electron chi connectivity index (χ1n) is 7.85. The third-order valence-corrected chi connectivity index (χ3v) is 5.96. The number of phenols is 1. The lowest BCUT2D eigenvalue weighted by Gasteiger charge is -2.37. The molecule has 0 radical (unpaired) electrons. The molecule has 24 heavy (non-hydrogen) atoms. The van der Waals surface area contributed by atoms with Gasteiger partial charge in [-0.3, -0.25) is 4.31 Å². The van der Waals surface area contributed by atoms with Gasteiger partial charge in [-0.25, -0.2) is 4.21 Å². The topological polar surface area (TPSA) is 40.5 Å². The van der Waals surface area contributed by atoms with Gasteiger partial charge in [0.25, 0.3) is 0 Å². The molecule has 1 heterocycles. The largest absolute Gasteiger partial charge is 0.508 e. The van der Waals surface area contributed by atoms with E-state index >= 15 is 0 Å². The molecular formula is C20H17NO2S. The zero-order valence-electron chi connectivity index (χ0n) is 13.2. The van der Waals surface area contributed by atoms with Crippen molar-refractivity contribution in [1.29, 1.82) is 0 Å². The van der Waals surface area contributed by atoms with Crippen LogP contribution in [0, 0.1) is 0 Å². The third kappa shape index (κ3) is 2.31. The molecule has 3 aromatic carbocycles. The summed E-state index contributed by atoms with van der Waals surface area (Å²) in [7, 11) is -1.35. The molecule has 2 atom stereocenters. The number of anilines is 1. The molecule has 3 aromatic rings. The van der Waals surface area contributed by atoms with Crippen molar-refractivity contribution in [2.45, 2.75) is 17.9 Å². The van der Waals surface area contributed by atoms with E-state index < -0.39 is 11.0 Å². The summed E-state index contributed by atoms with van der Waals surface area (Å²) in [4.78, 5) is 0.675. The molecule has 0 spiro atoms. The van der Waals surface area contributed by atoms with Gasteiger partial charge in [0.2, 0.25) is 0 Å². The van der Waals surface area contributed by atoms with Crippen LogP contribution in [0.3, 0.4) is 0 Å². The molecule has 1 aliphatic heterocycles. The maximum atomic E-state index is 13.2. The van der Waals surface area contributed by atoms with Crippen LogP contribution in [-0.4, -0.2) is 9.32 Å². The summed E-state index contributed by atoms with van der Waals surface area (Å²) in [5.74, 6) is 0.174. The van der Waals surface area contributed by atoms with Crippen molar-refractivity contribution in [3.05, 3.63) is 78.4 Å². The number of phenolic OH excluding ortho intramolecular Hbond substituents is 1. The van der Waals surface area contributed by atoms with Crippen LogP contribution >= 0.6 is 0 Å². The summed E-state index contributed by atoms with van der Waals surface area (Å²) in [5, 5.41) is 9.48. The van der Waals surface area contributed by atoms with Crippen LogP contribution in [0.25, 0.3) is 11.1 Å². The first-order chi connectivity index (χ1) is 11.7. The van der Waals surface area contributed by atoms with Gasteiger partial charge in [0.05, 0.1) is 16.6 Å². The van der Waals surface area contributed by atoms with Crippen molar-refractivity contribution in [2.24, 2.45) is 0 Å². The standard InChI is InChI=1S/C20H17NO2S/c1-14-17-6-2-3-7-18(17)19-8-4-5-9-20(19)21(14)24(23)16-12-10-15(22)11-13-16/h2-14,22H,1H3/t14-,24?/m0/s1. The van der Waals surface area contributed by atoms with Crippen molar-refractivity contribution < 1.29 is 9.32 Å². The smallest absolute Gasteiger partial charge is 0.153 e. The van der Waals surface area contributed by atoms with Crippen LogP contribution in [0.1, 0.15) is 18.5 Å². The average Bonchev–Trinajstić information content (AvgIpc) is 2.62. The van der Waals surface area contributed by atoms with Crippen LogP contribution in [0.15, 0.2) is 77.7 Å². The Bertz CT molecular complexity index is 921. The molecule has 0 bridgehead atoms. The monoisotopic (exact) mass is 335 g/mol. The number of fused-ring (bicyclic) bond motifs is 3. The Morgan fingerprint density at radius 1 is 0.875 bits per heavy atom. The van der Waals surface area contributed by atoms with E-state index in [1.54, 1.807) is 24.3 Å². The summed E-state index contributed by atoms with van der Waals surface area (Å²) in [6.07, 6.45) is 0. The molecule has 4 rings (SSSR count). The molecule has 120 valence electrons. The van der Waals surface area contributed by atoms with E-state index in [2.05, 4.69) is 25.1 Å². The SMILES string of the molecule is C[C@H]1c2ccccc2-c2ccccc2N1S(=O)c1ccc(O)cc1. The number of hydrogen-bond donors (Lipinski definition) is 1. The highest BCUT2D eigenvalue weighted by Gasteiger charge is 2.31. The molecule has 1 N–H and O–H groups in total. The first-order valence-corrected chi connectivity index (χ1v) is 8.96. The van der Waals surface area contributed by atoms with Crippen molar-refractivity contribution in [3.8, 4) is 16.9 Å². The molecular weight excluding hydrogens is 318 g/mol. The number of hydrogen-bond acceptors (Lipinski definition) is 2. The van der Waals surface area contributed by atoms with E-state index in [1.165, 1.54) is 11.1 Å². The molecule has 0 aromatic heterocycles. The zero-order valence-corrected chi connectivity index (χ0v) is 14.0. The highest BCUT2D eigenvalue weighted by molar-refractivity contribution is 7.86. The summed E-state index contributed by atoms with van der Waals surface area (Å²) >= 11 is 0. The van der Waals surface area contributed by atoms with Gasteiger partial charge in [-0.05, 0) is 48.4 Å². The van der Waals surface area contributed by atoms with E-state index in [-0.39, 0.29) is 11.8 Å². The minimum atomic E-state index is -1.35. The molecule has 1 aliphatic rings. The average molecular weight is 335 g/mol. The summed E-state index contributed by atoms with van der Waals surface area (Å²) in [6.45, 7) is 2.08. The van der Waals surface area contributed by atoms with Gasteiger partial charge in [0, 0.05) is 5.56 Å². The van der Waals surface area contributed by atoms with Gasteiger partial charge >= 0.3 is 0 Å². The maximum Gasteiger partial charge on any atom is 0.153 e. The minimum absolute atomic E-state index is 0.00858. The molecule has 4 heteroatoms. The molecule has 0 saturated heterocycles. The van der Waals surface area contributed by atoms with Crippen LogP contribution in [-0.2, 0) is 11.0 Å². The number of rotatable bonds is 2. The van der Waals surface area contributed by atoms with Gasteiger partial charge in [0.15, 0.2) is 11.0 Å². The molecule has 1 unspecified atom stereocenters. The normalized spacial score (nSPS) is 17.0. The van der Waals surface area contributed by atoms with E-state index in [9.17, 15) is 9.32 Å². The Balaban J connectivity index is 1.87. The lowest BCUT2D eigenvalue weighted by atomic mass is 9.90. The number of aromatic hydroxyl groups is 1. The van der Waals surface area contributed by atoms with Crippen molar-refractivity contribution >= 4 is 16.7 Å². The zero-order chi connectivity index (χ0) is 16.7. The van der Waals surface area contributed by atoms with Crippen LogP contribution in [0.4, 0.5) is 5.69 Å². The highest BCUT2D eigenvalue weighted by Crippen LogP contribution is 2.45. The van der Waals surface area contributed by atoms with Crippen molar-refractivity contribution in [1.82, 2.24) is 0 Å². The lowest BCUT2D eigenvalue weighted by molar-refractivity contribution is 0.475. The third-order valence-electron chi connectivity index (χ3n) is 4.41. The molecule has 0 saturated carbocycles. The predicted octanol–water partition coefficient (Wildman–Crippen LogP) is 4.66. The highest BCUT2D eigenvalue weighted by atomic mass is 32.2. The second-order valence-corrected chi connectivity index (χ2v) is 7.21. The summed E-state index contributed by atoms with van der Waals surface area (Å²) in [6, 6.07) is 22.9.